The van der Waals surface area contributed by atoms with Gasteiger partial charge in [-0.05, 0) is 23.8 Å². The van der Waals surface area contributed by atoms with Gasteiger partial charge in [0.05, 0.1) is 15.5 Å². The molecule has 0 saturated carbocycles. The second-order valence-electron chi connectivity index (χ2n) is 3.43. The molecule has 0 fully saturated rings. The van der Waals surface area contributed by atoms with Crippen molar-refractivity contribution in [2.75, 3.05) is 0 Å². The van der Waals surface area contributed by atoms with E-state index >= 15 is 0 Å². The molecular formula is C11H12Cl2N2O2S. The molecule has 0 atom stereocenters. The topological polar surface area (TPSA) is 72.5 Å². The average Bonchev–Trinajstić information content (AvgIpc) is 2.30. The van der Waals surface area contributed by atoms with Gasteiger partial charge in [-0.15, -0.1) is 4.40 Å². The van der Waals surface area contributed by atoms with Crippen molar-refractivity contribution in [3.8, 4) is 0 Å². The maximum atomic E-state index is 11.5. The van der Waals surface area contributed by atoms with Gasteiger partial charge in [-0.3, -0.25) is 0 Å². The van der Waals surface area contributed by atoms with Crippen LogP contribution in [0.15, 0.2) is 28.0 Å². The second-order valence-corrected chi connectivity index (χ2v) is 5.73. The first-order chi connectivity index (χ1) is 8.34. The van der Waals surface area contributed by atoms with Crippen LogP contribution >= 0.6 is 23.2 Å². The SMILES string of the molecule is CCC(N)=NS(=O)(=O)/C=C/c1ccc(Cl)c(Cl)c1. The molecular weight excluding hydrogens is 295 g/mol. The standard InChI is InChI=1S/C11H12Cl2N2O2S/c1-2-11(14)15-18(16,17)6-5-8-3-4-9(12)10(13)7-8/h3-7H,2H2,1H3,(H2,14,15)/b6-5+. The summed E-state index contributed by atoms with van der Waals surface area (Å²) in [5.74, 6) is 0.0637. The zero-order valence-corrected chi connectivity index (χ0v) is 11.9. The largest absolute Gasteiger partial charge is 0.386 e. The van der Waals surface area contributed by atoms with Gasteiger partial charge >= 0.3 is 0 Å². The van der Waals surface area contributed by atoms with Crippen molar-refractivity contribution < 1.29 is 8.42 Å². The van der Waals surface area contributed by atoms with E-state index in [1.807, 2.05) is 0 Å². The minimum atomic E-state index is -3.71. The van der Waals surface area contributed by atoms with Crippen LogP contribution < -0.4 is 5.73 Å². The highest BCUT2D eigenvalue weighted by Gasteiger charge is 2.04. The van der Waals surface area contributed by atoms with Gasteiger partial charge < -0.3 is 5.73 Å². The number of rotatable bonds is 4. The van der Waals surface area contributed by atoms with Gasteiger partial charge in [-0.25, -0.2) is 0 Å². The molecule has 1 rings (SSSR count). The normalized spacial score (nSPS) is 13.2. The molecule has 2 N–H and O–H groups in total. The molecule has 98 valence electrons. The first kappa shape index (κ1) is 15.0. The van der Waals surface area contributed by atoms with E-state index in [0.29, 0.717) is 22.0 Å². The number of hydrogen-bond acceptors (Lipinski definition) is 2. The molecule has 0 aliphatic carbocycles. The fourth-order valence-electron chi connectivity index (χ4n) is 1.04. The minimum absolute atomic E-state index is 0.0637. The highest BCUT2D eigenvalue weighted by atomic mass is 35.5. The van der Waals surface area contributed by atoms with Gasteiger partial charge in [-0.2, -0.15) is 8.42 Å². The molecule has 0 heterocycles. The Hall–Kier alpha value is -1.04. The molecule has 18 heavy (non-hydrogen) atoms. The third-order valence-corrected chi connectivity index (χ3v) is 3.69. The minimum Gasteiger partial charge on any atom is -0.386 e. The van der Waals surface area contributed by atoms with Crippen molar-refractivity contribution in [3.63, 3.8) is 0 Å². The summed E-state index contributed by atoms with van der Waals surface area (Å²) in [6, 6.07) is 4.79. The van der Waals surface area contributed by atoms with Crippen LogP contribution in [0.1, 0.15) is 18.9 Å². The monoisotopic (exact) mass is 306 g/mol. The number of sulfonamides is 1. The summed E-state index contributed by atoms with van der Waals surface area (Å²) in [6.45, 7) is 1.72. The average molecular weight is 307 g/mol. The van der Waals surface area contributed by atoms with Gasteiger partial charge in [0.15, 0.2) is 0 Å². The highest BCUT2D eigenvalue weighted by molar-refractivity contribution is 7.93. The molecule has 1 aromatic carbocycles. The molecule has 4 nitrogen and oxygen atoms in total. The van der Waals surface area contributed by atoms with Crippen molar-refractivity contribution in [1.82, 2.24) is 0 Å². The lowest BCUT2D eigenvalue weighted by Crippen LogP contribution is -2.11. The molecule has 0 aromatic heterocycles. The molecule has 0 aliphatic heterocycles. The van der Waals surface area contributed by atoms with Crippen LogP contribution in [0.5, 0.6) is 0 Å². The van der Waals surface area contributed by atoms with E-state index < -0.39 is 10.0 Å². The molecule has 0 amide bonds. The maximum Gasteiger partial charge on any atom is 0.277 e. The van der Waals surface area contributed by atoms with Crippen LogP contribution in [-0.2, 0) is 10.0 Å². The molecule has 0 radical (unpaired) electrons. The highest BCUT2D eigenvalue weighted by Crippen LogP contribution is 2.23. The zero-order valence-electron chi connectivity index (χ0n) is 9.60. The Bertz CT molecular complexity index is 595. The van der Waals surface area contributed by atoms with E-state index in [1.165, 1.54) is 6.08 Å². The number of nitrogens with two attached hydrogens (primary N) is 1. The van der Waals surface area contributed by atoms with E-state index in [9.17, 15) is 8.42 Å². The van der Waals surface area contributed by atoms with Crippen LogP contribution in [0.4, 0.5) is 0 Å². The van der Waals surface area contributed by atoms with E-state index in [1.54, 1.807) is 25.1 Å². The number of benzene rings is 1. The Morgan fingerprint density at radius 3 is 2.61 bits per heavy atom. The Labute approximate surface area is 116 Å². The molecule has 0 bridgehead atoms. The number of hydrogen-bond donors (Lipinski definition) is 1. The summed E-state index contributed by atoms with van der Waals surface area (Å²) >= 11 is 11.6. The lowest BCUT2D eigenvalue weighted by molar-refractivity contribution is 0.606. The number of halogens is 2. The number of amidine groups is 1. The number of nitrogens with zero attached hydrogens (tertiary/aromatic N) is 1. The summed E-state index contributed by atoms with van der Waals surface area (Å²) in [5, 5.41) is 1.73. The van der Waals surface area contributed by atoms with Crippen LogP contribution in [0, 0.1) is 0 Å². The molecule has 7 heteroatoms. The third-order valence-electron chi connectivity index (χ3n) is 1.98. The fraction of sp³-hybridized carbons (Fsp3) is 0.182. The first-order valence-corrected chi connectivity index (χ1v) is 7.32. The summed E-state index contributed by atoms with van der Waals surface area (Å²) in [7, 11) is -3.71. The van der Waals surface area contributed by atoms with Crippen molar-refractivity contribution in [2.45, 2.75) is 13.3 Å². The Kier molecular flexibility index (Phi) is 5.19. The van der Waals surface area contributed by atoms with Gasteiger partial charge in [0, 0.05) is 6.42 Å². The first-order valence-electron chi connectivity index (χ1n) is 5.06. The summed E-state index contributed by atoms with van der Waals surface area (Å²) in [5.41, 5.74) is 5.98. The van der Waals surface area contributed by atoms with Crippen LogP contribution in [0.3, 0.4) is 0 Å². The van der Waals surface area contributed by atoms with Crippen LogP contribution in [0.2, 0.25) is 10.0 Å². The lowest BCUT2D eigenvalue weighted by Gasteiger charge is -1.97. The van der Waals surface area contributed by atoms with E-state index in [4.69, 9.17) is 28.9 Å². The van der Waals surface area contributed by atoms with Crippen LogP contribution in [0.25, 0.3) is 6.08 Å². The molecule has 0 spiro atoms. The third kappa shape index (κ3) is 4.68. The lowest BCUT2D eigenvalue weighted by atomic mass is 10.2. The van der Waals surface area contributed by atoms with Crippen molar-refractivity contribution >= 4 is 45.1 Å². The second kappa shape index (κ2) is 6.22. The van der Waals surface area contributed by atoms with E-state index in [0.717, 1.165) is 5.41 Å². The fourth-order valence-corrected chi connectivity index (χ4v) is 2.19. The van der Waals surface area contributed by atoms with Gasteiger partial charge in [-0.1, -0.05) is 36.2 Å². The van der Waals surface area contributed by atoms with Crippen molar-refractivity contribution in [2.24, 2.45) is 10.1 Å². The van der Waals surface area contributed by atoms with Crippen molar-refractivity contribution in [1.29, 1.82) is 0 Å². The molecule has 0 saturated heterocycles. The smallest absolute Gasteiger partial charge is 0.277 e. The Morgan fingerprint density at radius 1 is 1.39 bits per heavy atom. The van der Waals surface area contributed by atoms with Gasteiger partial charge in [0.25, 0.3) is 10.0 Å². The maximum absolute atomic E-state index is 11.5. The zero-order chi connectivity index (χ0) is 13.8. The van der Waals surface area contributed by atoms with E-state index in [-0.39, 0.29) is 5.84 Å². The van der Waals surface area contributed by atoms with Crippen LogP contribution in [-0.4, -0.2) is 14.3 Å². The Balaban J connectivity index is 2.96. The van der Waals surface area contributed by atoms with E-state index in [2.05, 4.69) is 4.40 Å². The molecule has 0 aliphatic rings. The predicted octanol–water partition coefficient (Wildman–Crippen LogP) is 3.06. The summed E-state index contributed by atoms with van der Waals surface area (Å²) in [4.78, 5) is 0. The summed E-state index contributed by atoms with van der Waals surface area (Å²) in [6.07, 6.45) is 1.75. The Morgan fingerprint density at radius 2 is 2.06 bits per heavy atom. The predicted molar refractivity (Wildman–Crippen MR) is 76.3 cm³/mol. The molecule has 0 unspecified atom stereocenters. The summed E-state index contributed by atoms with van der Waals surface area (Å²) < 4.78 is 26.4. The molecule has 1 aromatic rings. The van der Waals surface area contributed by atoms with Crippen molar-refractivity contribution in [3.05, 3.63) is 39.2 Å². The quantitative estimate of drug-likeness (QED) is 0.686. The van der Waals surface area contributed by atoms with Gasteiger partial charge in [0.2, 0.25) is 0 Å². The van der Waals surface area contributed by atoms with Gasteiger partial charge in [0.1, 0.15) is 5.84 Å².